The topological polar surface area (TPSA) is 39.7 Å². The summed E-state index contributed by atoms with van der Waals surface area (Å²) in [6.07, 6.45) is 2.30. The highest BCUT2D eigenvalue weighted by Crippen LogP contribution is 1.96. The van der Waals surface area contributed by atoms with E-state index in [2.05, 4.69) is 36.5 Å². The summed E-state index contributed by atoms with van der Waals surface area (Å²) in [6.45, 7) is 8.05. The normalized spacial score (nSPS) is 10.9. The summed E-state index contributed by atoms with van der Waals surface area (Å²) >= 11 is 0. The van der Waals surface area contributed by atoms with Gasteiger partial charge in [0.25, 0.3) is 0 Å². The van der Waals surface area contributed by atoms with Crippen molar-refractivity contribution in [2.24, 2.45) is 0 Å². The summed E-state index contributed by atoms with van der Waals surface area (Å²) in [7, 11) is 0. The van der Waals surface area contributed by atoms with Crippen LogP contribution in [0.1, 0.15) is 25.3 Å². The summed E-state index contributed by atoms with van der Waals surface area (Å²) in [6, 6.07) is 10.4. The molecule has 0 fully saturated rings. The van der Waals surface area contributed by atoms with Crippen LogP contribution in [0.15, 0.2) is 30.3 Å². The van der Waals surface area contributed by atoms with Crippen LogP contribution in [0.5, 0.6) is 0 Å². The van der Waals surface area contributed by atoms with Crippen molar-refractivity contribution in [1.29, 1.82) is 0 Å². The molecule has 0 amide bonds. The second kappa shape index (κ2) is 14.0. The van der Waals surface area contributed by atoms with Gasteiger partial charge in [-0.3, -0.25) is 0 Å². The molecule has 21 heavy (non-hydrogen) atoms. The van der Waals surface area contributed by atoms with Crippen molar-refractivity contribution in [3.05, 3.63) is 35.9 Å². The Labute approximate surface area is 128 Å². The van der Waals surface area contributed by atoms with Crippen LogP contribution in [0.25, 0.3) is 0 Å². The van der Waals surface area contributed by atoms with Crippen LogP contribution in [0, 0.1) is 0 Å². The van der Waals surface area contributed by atoms with Gasteiger partial charge in [0.15, 0.2) is 0 Å². The van der Waals surface area contributed by atoms with E-state index in [0.717, 1.165) is 26.1 Å². The summed E-state index contributed by atoms with van der Waals surface area (Å²) in [5.74, 6) is 0. The van der Waals surface area contributed by atoms with Gasteiger partial charge in [0.05, 0.1) is 33.0 Å². The third-order valence-corrected chi connectivity index (χ3v) is 2.98. The molecule has 1 aromatic carbocycles. The molecule has 0 atom stereocenters. The SMILES string of the molecule is CCCCOCCOCCOCCNCc1ccccc1. The van der Waals surface area contributed by atoms with E-state index in [4.69, 9.17) is 14.2 Å². The first-order valence-corrected chi connectivity index (χ1v) is 7.91. The molecule has 0 aliphatic rings. The fourth-order valence-electron chi connectivity index (χ4n) is 1.76. The van der Waals surface area contributed by atoms with Crippen molar-refractivity contribution >= 4 is 0 Å². The quantitative estimate of drug-likeness (QED) is 0.536. The van der Waals surface area contributed by atoms with E-state index in [1.54, 1.807) is 0 Å². The Bertz CT molecular complexity index is 319. The standard InChI is InChI=1S/C17H29NO3/c1-2-3-10-19-12-14-21-15-13-20-11-9-18-16-17-7-5-4-6-8-17/h4-8,18H,2-3,9-16H2,1H3. The number of hydrogen-bond donors (Lipinski definition) is 1. The molecule has 1 aromatic rings. The maximum absolute atomic E-state index is 5.49. The maximum Gasteiger partial charge on any atom is 0.0701 e. The van der Waals surface area contributed by atoms with Crippen molar-refractivity contribution in [2.45, 2.75) is 26.3 Å². The van der Waals surface area contributed by atoms with Crippen LogP contribution >= 0.6 is 0 Å². The van der Waals surface area contributed by atoms with Crippen LogP contribution in [0.3, 0.4) is 0 Å². The molecule has 1 N–H and O–H groups in total. The predicted octanol–water partition coefficient (Wildman–Crippen LogP) is 2.63. The number of ether oxygens (including phenoxy) is 3. The summed E-state index contributed by atoms with van der Waals surface area (Å²) < 4.78 is 16.3. The van der Waals surface area contributed by atoms with Crippen LogP contribution in [0.2, 0.25) is 0 Å². The molecule has 1 rings (SSSR count). The van der Waals surface area contributed by atoms with Gasteiger partial charge in [0, 0.05) is 19.7 Å². The third kappa shape index (κ3) is 11.4. The van der Waals surface area contributed by atoms with E-state index in [-0.39, 0.29) is 0 Å². The van der Waals surface area contributed by atoms with Crippen molar-refractivity contribution in [1.82, 2.24) is 5.32 Å². The van der Waals surface area contributed by atoms with Gasteiger partial charge in [-0.15, -0.1) is 0 Å². The smallest absolute Gasteiger partial charge is 0.0701 e. The highest BCUT2D eigenvalue weighted by Gasteiger charge is 1.93. The molecule has 0 bridgehead atoms. The Morgan fingerprint density at radius 2 is 1.43 bits per heavy atom. The third-order valence-electron chi connectivity index (χ3n) is 2.98. The van der Waals surface area contributed by atoms with E-state index < -0.39 is 0 Å². The maximum atomic E-state index is 5.49. The average Bonchev–Trinajstić information content (AvgIpc) is 2.53. The number of benzene rings is 1. The van der Waals surface area contributed by atoms with Crippen molar-refractivity contribution in [3.63, 3.8) is 0 Å². The fourth-order valence-corrected chi connectivity index (χ4v) is 1.76. The molecule has 0 aliphatic heterocycles. The molecule has 0 aliphatic carbocycles. The van der Waals surface area contributed by atoms with Gasteiger partial charge in [-0.2, -0.15) is 0 Å². The summed E-state index contributed by atoms with van der Waals surface area (Å²) in [5.41, 5.74) is 1.30. The van der Waals surface area contributed by atoms with Gasteiger partial charge in [-0.05, 0) is 12.0 Å². The van der Waals surface area contributed by atoms with Crippen LogP contribution in [-0.2, 0) is 20.8 Å². The largest absolute Gasteiger partial charge is 0.379 e. The fraction of sp³-hybridized carbons (Fsp3) is 0.647. The minimum absolute atomic E-state index is 0.635. The van der Waals surface area contributed by atoms with Crippen LogP contribution < -0.4 is 5.32 Å². The monoisotopic (exact) mass is 295 g/mol. The molecule has 0 aromatic heterocycles. The van der Waals surface area contributed by atoms with Crippen molar-refractivity contribution in [3.8, 4) is 0 Å². The second-order valence-electron chi connectivity index (χ2n) is 4.85. The molecule has 0 spiro atoms. The van der Waals surface area contributed by atoms with E-state index in [9.17, 15) is 0 Å². The molecule has 0 saturated carbocycles. The Balaban J connectivity index is 1.75. The average molecular weight is 295 g/mol. The van der Waals surface area contributed by atoms with Crippen molar-refractivity contribution < 1.29 is 14.2 Å². The Hall–Kier alpha value is -0.940. The van der Waals surface area contributed by atoms with Gasteiger partial charge < -0.3 is 19.5 Å². The summed E-state index contributed by atoms with van der Waals surface area (Å²) in [4.78, 5) is 0. The molecule has 4 nitrogen and oxygen atoms in total. The number of rotatable bonds is 14. The lowest BCUT2D eigenvalue weighted by atomic mass is 10.2. The molecule has 0 saturated heterocycles. The highest BCUT2D eigenvalue weighted by atomic mass is 16.5. The molecule has 0 radical (unpaired) electrons. The lowest BCUT2D eigenvalue weighted by Gasteiger charge is -2.07. The summed E-state index contributed by atoms with van der Waals surface area (Å²) in [5, 5.41) is 3.35. The van der Waals surface area contributed by atoms with Crippen LogP contribution in [0.4, 0.5) is 0 Å². The zero-order valence-electron chi connectivity index (χ0n) is 13.2. The molecule has 4 heteroatoms. The Morgan fingerprint density at radius 3 is 2.10 bits per heavy atom. The first-order chi connectivity index (χ1) is 10.4. The zero-order valence-corrected chi connectivity index (χ0v) is 13.2. The minimum Gasteiger partial charge on any atom is -0.379 e. The van der Waals surface area contributed by atoms with Gasteiger partial charge >= 0.3 is 0 Å². The highest BCUT2D eigenvalue weighted by molar-refractivity contribution is 5.14. The first-order valence-electron chi connectivity index (χ1n) is 7.91. The number of unbranched alkanes of at least 4 members (excludes halogenated alkanes) is 1. The van der Waals surface area contributed by atoms with Crippen molar-refractivity contribution in [2.75, 3.05) is 46.2 Å². The number of hydrogen-bond acceptors (Lipinski definition) is 4. The Kier molecular flexibility index (Phi) is 12.1. The van der Waals surface area contributed by atoms with E-state index >= 15 is 0 Å². The van der Waals surface area contributed by atoms with Gasteiger partial charge in [-0.1, -0.05) is 43.7 Å². The van der Waals surface area contributed by atoms with Gasteiger partial charge in [-0.25, -0.2) is 0 Å². The minimum atomic E-state index is 0.635. The van der Waals surface area contributed by atoms with Gasteiger partial charge in [0.2, 0.25) is 0 Å². The second-order valence-corrected chi connectivity index (χ2v) is 4.85. The van der Waals surface area contributed by atoms with Gasteiger partial charge in [0.1, 0.15) is 0 Å². The molecular weight excluding hydrogens is 266 g/mol. The lowest BCUT2D eigenvalue weighted by Crippen LogP contribution is -2.20. The van der Waals surface area contributed by atoms with E-state index in [1.807, 2.05) is 6.07 Å². The molecule has 0 heterocycles. The molecular formula is C17H29NO3. The lowest BCUT2D eigenvalue weighted by molar-refractivity contribution is 0.0146. The van der Waals surface area contributed by atoms with E-state index in [1.165, 1.54) is 12.0 Å². The first kappa shape index (κ1) is 18.1. The van der Waals surface area contributed by atoms with E-state index in [0.29, 0.717) is 33.0 Å². The Morgan fingerprint density at radius 1 is 0.810 bits per heavy atom. The zero-order chi connectivity index (χ0) is 15.0. The predicted molar refractivity (Wildman–Crippen MR) is 85.5 cm³/mol. The number of nitrogens with one attached hydrogen (secondary N) is 1. The molecule has 0 unspecified atom stereocenters. The molecule has 120 valence electrons. The van der Waals surface area contributed by atoms with Crippen LogP contribution in [-0.4, -0.2) is 46.2 Å².